The Hall–Kier alpha value is -2.21. The number of benzene rings is 1. The van der Waals surface area contributed by atoms with E-state index in [0.717, 1.165) is 36.1 Å². The molecule has 1 unspecified atom stereocenters. The fourth-order valence-electron chi connectivity index (χ4n) is 3.16. The Morgan fingerprint density at radius 1 is 1.46 bits per heavy atom. The molecular weight excluding hydrogens is 309 g/mol. The maximum absolute atomic E-state index is 14.3. The van der Waals surface area contributed by atoms with Gasteiger partial charge >= 0.3 is 0 Å². The van der Waals surface area contributed by atoms with E-state index in [2.05, 4.69) is 10.4 Å². The number of aliphatic hydroxyl groups excluding tert-OH is 1. The number of rotatable bonds is 5. The molecule has 1 aromatic carbocycles. The van der Waals surface area contributed by atoms with Gasteiger partial charge in [0.1, 0.15) is 11.5 Å². The minimum atomic E-state index is -0.340. The average Bonchev–Trinajstić information content (AvgIpc) is 3.10. The van der Waals surface area contributed by atoms with Crippen LogP contribution in [0.3, 0.4) is 0 Å². The number of carbonyl (C=O) groups is 1. The lowest BCUT2D eigenvalue weighted by Crippen LogP contribution is -2.34. The van der Waals surface area contributed by atoms with E-state index in [-0.39, 0.29) is 24.4 Å². The van der Waals surface area contributed by atoms with Gasteiger partial charge in [0.15, 0.2) is 5.69 Å². The summed E-state index contributed by atoms with van der Waals surface area (Å²) < 4.78 is 15.9. The number of hydrogen-bond acceptors (Lipinski definition) is 3. The Morgan fingerprint density at radius 2 is 2.25 bits per heavy atom. The largest absolute Gasteiger partial charge is 0.396 e. The molecule has 0 radical (unpaired) electrons. The molecule has 6 heteroatoms. The second kappa shape index (κ2) is 6.73. The first-order valence-electron chi connectivity index (χ1n) is 8.30. The molecule has 1 aromatic heterocycles. The summed E-state index contributed by atoms with van der Waals surface area (Å²) in [5.74, 6) is -0.604. The molecule has 5 nitrogen and oxygen atoms in total. The Morgan fingerprint density at radius 3 is 2.96 bits per heavy atom. The summed E-state index contributed by atoms with van der Waals surface area (Å²) in [6.45, 7) is 3.69. The predicted octanol–water partition coefficient (Wildman–Crippen LogP) is 2.31. The third-order valence-corrected chi connectivity index (χ3v) is 4.42. The number of nitrogens with zero attached hydrogens (tertiary/aromatic N) is 2. The quantitative estimate of drug-likeness (QED) is 0.883. The molecule has 1 heterocycles. The van der Waals surface area contributed by atoms with Crippen molar-refractivity contribution in [2.45, 2.75) is 45.6 Å². The molecule has 0 bridgehead atoms. The zero-order valence-corrected chi connectivity index (χ0v) is 14.0. The van der Waals surface area contributed by atoms with Gasteiger partial charge in [-0.3, -0.25) is 4.79 Å². The zero-order valence-electron chi connectivity index (χ0n) is 14.0. The molecule has 0 fully saturated rings. The van der Waals surface area contributed by atoms with Gasteiger partial charge in [0.25, 0.3) is 5.91 Å². The van der Waals surface area contributed by atoms with Gasteiger partial charge < -0.3 is 10.4 Å². The van der Waals surface area contributed by atoms with Crippen LogP contribution in [0.15, 0.2) is 18.2 Å². The maximum atomic E-state index is 14.3. The first kappa shape index (κ1) is 16.6. The van der Waals surface area contributed by atoms with Crippen LogP contribution < -0.4 is 5.32 Å². The molecule has 1 aliphatic rings. The molecule has 3 rings (SSSR count). The lowest BCUT2D eigenvalue weighted by Gasteiger charge is -2.11. The van der Waals surface area contributed by atoms with Gasteiger partial charge in [-0.15, -0.1) is 0 Å². The Kier molecular flexibility index (Phi) is 4.66. The number of aromatic nitrogens is 2. The van der Waals surface area contributed by atoms with Crippen molar-refractivity contribution >= 4 is 5.91 Å². The Bertz CT molecular complexity index is 770. The molecule has 1 amide bonds. The number of carbonyl (C=O) groups excluding carboxylic acids is 1. The van der Waals surface area contributed by atoms with Crippen LogP contribution in [0.2, 0.25) is 0 Å². The first-order valence-corrected chi connectivity index (χ1v) is 8.30. The Labute approximate surface area is 140 Å². The molecule has 1 aliphatic carbocycles. The number of amides is 1. The van der Waals surface area contributed by atoms with Gasteiger partial charge in [-0.2, -0.15) is 5.10 Å². The Balaban J connectivity index is 1.97. The van der Waals surface area contributed by atoms with E-state index in [9.17, 15) is 9.18 Å². The van der Waals surface area contributed by atoms with Crippen molar-refractivity contribution in [3.05, 3.63) is 46.5 Å². The predicted molar refractivity (Wildman–Crippen MR) is 88.9 cm³/mol. The van der Waals surface area contributed by atoms with Crippen LogP contribution in [0.4, 0.5) is 4.39 Å². The van der Waals surface area contributed by atoms with Gasteiger partial charge in [-0.05, 0) is 57.2 Å². The highest BCUT2D eigenvalue weighted by Gasteiger charge is 2.28. The third-order valence-electron chi connectivity index (χ3n) is 4.42. The van der Waals surface area contributed by atoms with E-state index in [4.69, 9.17) is 5.11 Å². The number of halogens is 1. The lowest BCUT2D eigenvalue weighted by atomic mass is 10.1. The summed E-state index contributed by atoms with van der Waals surface area (Å²) >= 11 is 0. The number of nitrogens with one attached hydrogen (secondary N) is 1. The van der Waals surface area contributed by atoms with Crippen molar-refractivity contribution in [2.24, 2.45) is 0 Å². The smallest absolute Gasteiger partial charge is 0.272 e. The minimum absolute atomic E-state index is 0.0164. The monoisotopic (exact) mass is 331 g/mol. The summed E-state index contributed by atoms with van der Waals surface area (Å²) in [4.78, 5) is 12.5. The van der Waals surface area contributed by atoms with Gasteiger partial charge in [0.05, 0.1) is 0 Å². The number of hydrogen-bond donors (Lipinski definition) is 2. The van der Waals surface area contributed by atoms with Crippen LogP contribution in [0, 0.1) is 12.7 Å². The van der Waals surface area contributed by atoms with Gasteiger partial charge in [0, 0.05) is 23.9 Å². The second-order valence-electron chi connectivity index (χ2n) is 6.38. The molecule has 0 spiro atoms. The first-order chi connectivity index (χ1) is 11.5. The van der Waals surface area contributed by atoms with E-state index in [1.54, 1.807) is 10.7 Å². The van der Waals surface area contributed by atoms with E-state index in [1.165, 1.54) is 6.07 Å². The van der Waals surface area contributed by atoms with Crippen LogP contribution >= 0.6 is 0 Å². The van der Waals surface area contributed by atoms with Crippen molar-refractivity contribution in [3.8, 4) is 5.69 Å². The number of fused-ring (bicyclic) bond motifs is 1. The highest BCUT2D eigenvalue weighted by Crippen LogP contribution is 2.29. The fourth-order valence-corrected chi connectivity index (χ4v) is 3.16. The van der Waals surface area contributed by atoms with Crippen LogP contribution in [0.1, 0.15) is 47.1 Å². The molecule has 0 aliphatic heterocycles. The van der Waals surface area contributed by atoms with Crippen molar-refractivity contribution in [1.82, 2.24) is 15.1 Å². The van der Waals surface area contributed by atoms with Gasteiger partial charge in [0.2, 0.25) is 0 Å². The molecule has 2 N–H and O–H groups in total. The summed E-state index contributed by atoms with van der Waals surface area (Å²) in [5.41, 5.74) is 3.41. The van der Waals surface area contributed by atoms with Crippen molar-refractivity contribution < 1.29 is 14.3 Å². The van der Waals surface area contributed by atoms with Crippen LogP contribution in [0.5, 0.6) is 0 Å². The molecule has 0 saturated heterocycles. The van der Waals surface area contributed by atoms with E-state index < -0.39 is 0 Å². The standard InChI is InChI=1S/C18H22FN3O2/c1-11-6-7-16(14(19)10-11)22-15-5-3-4-13(15)17(21-22)18(24)20-12(2)8-9-23/h6-7,10,12,23H,3-5,8-9H2,1-2H3,(H,20,24). The summed E-state index contributed by atoms with van der Waals surface area (Å²) in [6.07, 6.45) is 2.99. The molecule has 0 saturated carbocycles. The highest BCUT2D eigenvalue weighted by molar-refractivity contribution is 5.94. The summed E-state index contributed by atoms with van der Waals surface area (Å²) in [7, 11) is 0. The molecule has 1 atom stereocenters. The SMILES string of the molecule is Cc1ccc(-n2nc(C(=O)NC(C)CCO)c3c2CCC3)c(F)c1. The summed E-state index contributed by atoms with van der Waals surface area (Å²) in [5, 5.41) is 16.2. The summed E-state index contributed by atoms with van der Waals surface area (Å²) in [6, 6.07) is 4.87. The van der Waals surface area contributed by atoms with Gasteiger partial charge in [-0.1, -0.05) is 6.07 Å². The molecule has 128 valence electrons. The van der Waals surface area contributed by atoms with Crippen LogP contribution in [-0.4, -0.2) is 33.4 Å². The van der Waals surface area contributed by atoms with Crippen molar-refractivity contribution in [2.75, 3.05) is 6.61 Å². The molecule has 2 aromatic rings. The number of aryl methyl sites for hydroxylation is 1. The normalized spacial score (nSPS) is 14.5. The molecular formula is C18H22FN3O2. The van der Waals surface area contributed by atoms with Crippen LogP contribution in [-0.2, 0) is 12.8 Å². The molecule has 24 heavy (non-hydrogen) atoms. The van der Waals surface area contributed by atoms with Gasteiger partial charge in [-0.25, -0.2) is 9.07 Å². The lowest BCUT2D eigenvalue weighted by molar-refractivity contribution is 0.0928. The highest BCUT2D eigenvalue weighted by atomic mass is 19.1. The van der Waals surface area contributed by atoms with Crippen LogP contribution in [0.25, 0.3) is 5.69 Å². The third kappa shape index (κ3) is 3.06. The second-order valence-corrected chi connectivity index (χ2v) is 6.38. The van der Waals surface area contributed by atoms with Crippen molar-refractivity contribution in [3.63, 3.8) is 0 Å². The topological polar surface area (TPSA) is 67.2 Å². The van der Waals surface area contributed by atoms with E-state index in [1.807, 2.05) is 19.9 Å². The maximum Gasteiger partial charge on any atom is 0.272 e. The van der Waals surface area contributed by atoms with E-state index >= 15 is 0 Å². The van der Waals surface area contributed by atoms with Crippen molar-refractivity contribution in [1.29, 1.82) is 0 Å². The fraction of sp³-hybridized carbons (Fsp3) is 0.444. The average molecular weight is 331 g/mol. The van der Waals surface area contributed by atoms with E-state index in [0.29, 0.717) is 17.8 Å². The number of aliphatic hydroxyl groups is 1. The minimum Gasteiger partial charge on any atom is -0.396 e. The zero-order chi connectivity index (χ0) is 17.3.